The first-order chi connectivity index (χ1) is 12.0. The van der Waals surface area contributed by atoms with E-state index in [4.69, 9.17) is 9.47 Å². The predicted octanol–water partition coefficient (Wildman–Crippen LogP) is 3.21. The Morgan fingerprint density at radius 2 is 1.84 bits per heavy atom. The van der Waals surface area contributed by atoms with E-state index in [1.54, 1.807) is 0 Å². The monoisotopic (exact) mass is 347 g/mol. The van der Waals surface area contributed by atoms with Crippen LogP contribution in [0.5, 0.6) is 5.75 Å². The Hall–Kier alpha value is -2.04. The molecule has 1 aliphatic carbocycles. The number of hydrogen-bond acceptors (Lipinski definition) is 4. The number of hydrogen-bond donors (Lipinski definition) is 0. The molecule has 1 saturated carbocycles. The highest BCUT2D eigenvalue weighted by atomic mass is 16.5. The molecule has 25 heavy (non-hydrogen) atoms. The van der Waals surface area contributed by atoms with Crippen LogP contribution in [0.4, 0.5) is 0 Å². The van der Waals surface area contributed by atoms with Crippen LogP contribution in [0, 0.1) is 5.92 Å². The topological polar surface area (TPSA) is 55.8 Å². The zero-order valence-electron chi connectivity index (χ0n) is 15.5. The van der Waals surface area contributed by atoms with Crippen LogP contribution in [-0.4, -0.2) is 43.1 Å². The lowest BCUT2D eigenvalue weighted by Gasteiger charge is -2.31. The second-order valence-corrected chi connectivity index (χ2v) is 6.66. The van der Waals surface area contributed by atoms with E-state index >= 15 is 0 Å². The van der Waals surface area contributed by atoms with Gasteiger partial charge in [0.1, 0.15) is 5.75 Å². The zero-order chi connectivity index (χ0) is 18.2. The van der Waals surface area contributed by atoms with Crippen LogP contribution < -0.4 is 4.74 Å². The van der Waals surface area contributed by atoms with E-state index in [9.17, 15) is 9.59 Å². The Kier molecular flexibility index (Phi) is 7.29. The van der Waals surface area contributed by atoms with Crippen molar-refractivity contribution in [1.29, 1.82) is 0 Å². The van der Waals surface area contributed by atoms with Crippen molar-refractivity contribution in [3.8, 4) is 5.75 Å². The van der Waals surface area contributed by atoms with E-state index in [0.29, 0.717) is 19.6 Å². The van der Waals surface area contributed by atoms with Crippen LogP contribution in [0.15, 0.2) is 24.3 Å². The van der Waals surface area contributed by atoms with E-state index < -0.39 is 0 Å². The fraction of sp³-hybridized carbons (Fsp3) is 0.600. The van der Waals surface area contributed by atoms with Gasteiger partial charge in [0.25, 0.3) is 0 Å². The molecule has 0 aromatic heterocycles. The first-order valence-corrected chi connectivity index (χ1v) is 9.14. The minimum atomic E-state index is -0.310. The number of ether oxygens (including phenoxy) is 2. The van der Waals surface area contributed by atoms with Gasteiger partial charge in [-0.15, -0.1) is 0 Å². The Morgan fingerprint density at radius 3 is 2.40 bits per heavy atom. The van der Waals surface area contributed by atoms with Crippen molar-refractivity contribution in [3.63, 3.8) is 0 Å². The molecule has 0 spiro atoms. The van der Waals surface area contributed by atoms with Crippen LogP contribution >= 0.6 is 0 Å². The predicted molar refractivity (Wildman–Crippen MR) is 96.5 cm³/mol. The summed E-state index contributed by atoms with van der Waals surface area (Å²) in [5.41, 5.74) is 0.960. The maximum Gasteiger partial charge on any atom is 0.310 e. The third-order valence-electron chi connectivity index (χ3n) is 4.75. The van der Waals surface area contributed by atoms with Crippen molar-refractivity contribution in [2.75, 3.05) is 20.3 Å². The van der Waals surface area contributed by atoms with E-state index in [2.05, 4.69) is 0 Å². The number of methoxy groups -OCH3 is 1. The van der Waals surface area contributed by atoms with Crippen LogP contribution in [-0.2, 0) is 20.7 Å². The Bertz CT molecular complexity index is 564. The number of carbonyl (C=O) groups is 2. The number of esters is 1. The van der Waals surface area contributed by atoms with Crippen LogP contribution in [0.1, 0.15) is 45.1 Å². The molecule has 0 saturated heterocycles. The second-order valence-electron chi connectivity index (χ2n) is 6.66. The molecule has 0 radical (unpaired) electrons. The van der Waals surface area contributed by atoms with Crippen LogP contribution in [0.2, 0.25) is 0 Å². The Morgan fingerprint density at radius 1 is 1.20 bits per heavy atom. The number of amides is 1. The fourth-order valence-corrected chi connectivity index (χ4v) is 3.39. The quantitative estimate of drug-likeness (QED) is 0.678. The lowest BCUT2D eigenvalue weighted by molar-refractivity contribution is -0.147. The molecular formula is C20H29NO4. The van der Waals surface area contributed by atoms with Gasteiger partial charge < -0.3 is 14.4 Å². The highest BCUT2D eigenvalue weighted by Gasteiger charge is 2.29. The van der Waals surface area contributed by atoms with Crippen molar-refractivity contribution in [2.45, 2.75) is 52.0 Å². The lowest BCUT2D eigenvalue weighted by Crippen LogP contribution is -2.43. The molecule has 2 rings (SSSR count). The first kappa shape index (κ1) is 19.3. The maximum absolute atomic E-state index is 12.9. The van der Waals surface area contributed by atoms with E-state index in [1.807, 2.05) is 43.0 Å². The molecule has 1 amide bonds. The molecule has 1 aromatic carbocycles. The number of carbonyl (C=O) groups excluding carboxylic acids is 2. The number of nitrogens with zero attached hydrogens (tertiary/aromatic N) is 1. The zero-order valence-corrected chi connectivity index (χ0v) is 15.5. The normalized spacial score (nSPS) is 15.6. The van der Waals surface area contributed by atoms with Gasteiger partial charge in [0, 0.05) is 12.6 Å². The molecule has 0 aliphatic heterocycles. The molecule has 0 N–H and O–H groups in total. The lowest BCUT2D eigenvalue weighted by atomic mass is 10.1. The summed E-state index contributed by atoms with van der Waals surface area (Å²) in [4.78, 5) is 26.6. The molecule has 5 nitrogen and oxygen atoms in total. The third-order valence-corrected chi connectivity index (χ3v) is 4.75. The van der Waals surface area contributed by atoms with E-state index in [0.717, 1.165) is 37.0 Å². The third kappa shape index (κ3) is 5.48. The average molecular weight is 347 g/mol. The van der Waals surface area contributed by atoms with Crippen LogP contribution in [0.25, 0.3) is 0 Å². The van der Waals surface area contributed by atoms with Gasteiger partial charge in [0.15, 0.2) is 0 Å². The summed E-state index contributed by atoms with van der Waals surface area (Å²) in [6.07, 6.45) is 4.66. The van der Waals surface area contributed by atoms with Crippen molar-refractivity contribution >= 4 is 11.9 Å². The Balaban J connectivity index is 2.04. The first-order valence-electron chi connectivity index (χ1n) is 9.14. The van der Waals surface area contributed by atoms with Crippen molar-refractivity contribution in [1.82, 2.24) is 4.90 Å². The number of benzene rings is 1. The molecule has 0 heterocycles. The van der Waals surface area contributed by atoms with Gasteiger partial charge in [0.05, 0.1) is 26.1 Å². The molecular weight excluding hydrogens is 318 g/mol. The van der Waals surface area contributed by atoms with Crippen LogP contribution in [0.3, 0.4) is 0 Å². The summed E-state index contributed by atoms with van der Waals surface area (Å²) >= 11 is 0. The van der Waals surface area contributed by atoms with E-state index in [1.165, 1.54) is 7.11 Å². The Labute approximate surface area is 150 Å². The van der Waals surface area contributed by atoms with Gasteiger partial charge in [-0.3, -0.25) is 9.59 Å². The highest BCUT2D eigenvalue weighted by molar-refractivity contribution is 5.80. The standard InChI is InChI=1S/C20H29NO4/c1-4-25-18-11-9-16(10-12-18)13-19(22)21(17-7-5-6-8-17)14-15(2)20(23)24-3/h9-12,15,17H,4-8,13-14H2,1-3H3. The summed E-state index contributed by atoms with van der Waals surface area (Å²) in [6.45, 7) is 4.81. The molecule has 0 bridgehead atoms. The van der Waals surface area contributed by atoms with E-state index in [-0.39, 0.29) is 23.8 Å². The molecule has 138 valence electrons. The molecule has 1 atom stereocenters. The molecule has 1 unspecified atom stereocenters. The van der Waals surface area contributed by atoms with Gasteiger partial charge in [-0.2, -0.15) is 0 Å². The van der Waals surface area contributed by atoms with Gasteiger partial charge >= 0.3 is 5.97 Å². The van der Waals surface area contributed by atoms with Gasteiger partial charge in [-0.25, -0.2) is 0 Å². The largest absolute Gasteiger partial charge is 0.494 e. The van der Waals surface area contributed by atoms with Crippen molar-refractivity contribution < 1.29 is 19.1 Å². The summed E-state index contributed by atoms with van der Waals surface area (Å²) < 4.78 is 10.3. The maximum atomic E-state index is 12.9. The SMILES string of the molecule is CCOc1ccc(CC(=O)N(CC(C)C(=O)OC)C2CCCC2)cc1. The summed E-state index contributed by atoms with van der Waals surface area (Å²) in [6, 6.07) is 7.88. The van der Waals surface area contributed by atoms with Crippen molar-refractivity contribution in [3.05, 3.63) is 29.8 Å². The highest BCUT2D eigenvalue weighted by Crippen LogP contribution is 2.25. The van der Waals surface area contributed by atoms with Crippen molar-refractivity contribution in [2.24, 2.45) is 5.92 Å². The van der Waals surface area contributed by atoms with Gasteiger partial charge in [0.2, 0.25) is 5.91 Å². The summed E-state index contributed by atoms with van der Waals surface area (Å²) in [7, 11) is 1.39. The fourth-order valence-electron chi connectivity index (χ4n) is 3.39. The summed E-state index contributed by atoms with van der Waals surface area (Å²) in [5.74, 6) is 0.309. The second kappa shape index (κ2) is 9.44. The van der Waals surface area contributed by atoms with Gasteiger partial charge in [-0.05, 0) is 37.5 Å². The minimum Gasteiger partial charge on any atom is -0.494 e. The smallest absolute Gasteiger partial charge is 0.310 e. The molecule has 1 aliphatic rings. The number of rotatable bonds is 8. The molecule has 1 aromatic rings. The minimum absolute atomic E-state index is 0.0758. The van der Waals surface area contributed by atoms with Gasteiger partial charge in [-0.1, -0.05) is 31.9 Å². The molecule has 5 heteroatoms. The summed E-state index contributed by atoms with van der Waals surface area (Å²) in [5, 5.41) is 0. The molecule has 1 fully saturated rings. The average Bonchev–Trinajstić information content (AvgIpc) is 3.14.